The SMILES string of the molecule is O=C1CCCCN1c1cccc(NS(=O)(=O)c2cn[nH]c2)c1. The number of hydrogen-bond donors (Lipinski definition) is 2. The summed E-state index contributed by atoms with van der Waals surface area (Å²) in [7, 11) is -3.68. The summed E-state index contributed by atoms with van der Waals surface area (Å²) in [6.07, 6.45) is 4.94. The number of amides is 1. The van der Waals surface area contributed by atoms with Crippen LogP contribution >= 0.6 is 0 Å². The first-order valence-electron chi connectivity index (χ1n) is 6.98. The van der Waals surface area contributed by atoms with Gasteiger partial charge in [0.15, 0.2) is 0 Å². The van der Waals surface area contributed by atoms with Crippen LogP contribution in [0.5, 0.6) is 0 Å². The van der Waals surface area contributed by atoms with Gasteiger partial charge in [0.25, 0.3) is 10.0 Å². The first kappa shape index (κ1) is 14.6. The van der Waals surface area contributed by atoms with Gasteiger partial charge in [-0.15, -0.1) is 0 Å². The maximum Gasteiger partial charge on any atom is 0.265 e. The lowest BCUT2D eigenvalue weighted by Gasteiger charge is -2.27. The monoisotopic (exact) mass is 320 g/mol. The van der Waals surface area contributed by atoms with Gasteiger partial charge in [0, 0.05) is 24.8 Å². The van der Waals surface area contributed by atoms with Gasteiger partial charge < -0.3 is 4.90 Å². The van der Waals surface area contributed by atoms with Crippen molar-refractivity contribution >= 4 is 27.3 Å². The lowest BCUT2D eigenvalue weighted by Crippen LogP contribution is -2.35. The van der Waals surface area contributed by atoms with E-state index >= 15 is 0 Å². The van der Waals surface area contributed by atoms with Gasteiger partial charge in [0.2, 0.25) is 5.91 Å². The molecule has 1 saturated heterocycles. The van der Waals surface area contributed by atoms with E-state index in [-0.39, 0.29) is 10.8 Å². The Morgan fingerprint density at radius 1 is 1.27 bits per heavy atom. The van der Waals surface area contributed by atoms with Crippen LogP contribution in [-0.4, -0.2) is 31.1 Å². The van der Waals surface area contributed by atoms with Gasteiger partial charge in [-0.3, -0.25) is 14.6 Å². The summed E-state index contributed by atoms with van der Waals surface area (Å²) in [5.74, 6) is 0.0705. The van der Waals surface area contributed by atoms with E-state index in [1.807, 2.05) is 0 Å². The molecule has 0 saturated carbocycles. The normalized spacial score (nSPS) is 15.8. The van der Waals surface area contributed by atoms with Crippen LogP contribution in [0, 0.1) is 0 Å². The third-order valence-electron chi connectivity index (χ3n) is 3.52. The molecule has 0 aliphatic carbocycles. The Balaban J connectivity index is 1.84. The van der Waals surface area contributed by atoms with Crippen molar-refractivity contribution in [2.24, 2.45) is 0 Å². The second kappa shape index (κ2) is 5.80. The molecule has 1 amide bonds. The van der Waals surface area contributed by atoms with E-state index in [4.69, 9.17) is 0 Å². The predicted octanol–water partition coefficient (Wildman–Crippen LogP) is 1.73. The number of anilines is 2. The van der Waals surface area contributed by atoms with E-state index < -0.39 is 10.0 Å². The molecule has 7 nitrogen and oxygen atoms in total. The highest BCUT2D eigenvalue weighted by molar-refractivity contribution is 7.92. The smallest absolute Gasteiger partial charge is 0.265 e. The van der Waals surface area contributed by atoms with E-state index in [2.05, 4.69) is 14.9 Å². The van der Waals surface area contributed by atoms with Gasteiger partial charge in [-0.2, -0.15) is 5.10 Å². The van der Waals surface area contributed by atoms with Gasteiger partial charge in [0.1, 0.15) is 4.90 Å². The summed E-state index contributed by atoms with van der Waals surface area (Å²) in [5.41, 5.74) is 1.12. The molecule has 1 aliphatic heterocycles. The van der Waals surface area contributed by atoms with Crippen molar-refractivity contribution in [3.63, 3.8) is 0 Å². The van der Waals surface area contributed by atoms with Crippen molar-refractivity contribution in [1.82, 2.24) is 10.2 Å². The number of carbonyl (C=O) groups excluding carboxylic acids is 1. The number of nitrogens with one attached hydrogen (secondary N) is 2. The van der Waals surface area contributed by atoms with Crippen LogP contribution in [-0.2, 0) is 14.8 Å². The maximum atomic E-state index is 12.2. The van der Waals surface area contributed by atoms with E-state index in [1.165, 1.54) is 12.4 Å². The number of hydrogen-bond acceptors (Lipinski definition) is 4. The van der Waals surface area contributed by atoms with Crippen molar-refractivity contribution in [2.75, 3.05) is 16.2 Å². The molecule has 116 valence electrons. The topological polar surface area (TPSA) is 95.2 Å². The number of nitrogens with zero attached hydrogens (tertiary/aromatic N) is 2. The average molecular weight is 320 g/mol. The number of piperidine rings is 1. The van der Waals surface area contributed by atoms with Crippen LogP contribution < -0.4 is 9.62 Å². The fourth-order valence-electron chi connectivity index (χ4n) is 2.42. The maximum absolute atomic E-state index is 12.2. The van der Waals surface area contributed by atoms with Gasteiger partial charge in [-0.05, 0) is 31.0 Å². The number of carbonyl (C=O) groups is 1. The molecule has 8 heteroatoms. The molecule has 0 spiro atoms. The fraction of sp³-hybridized carbons (Fsp3) is 0.286. The summed E-state index contributed by atoms with van der Waals surface area (Å²) < 4.78 is 26.8. The van der Waals surface area contributed by atoms with Crippen LogP contribution in [0.25, 0.3) is 0 Å². The van der Waals surface area contributed by atoms with Gasteiger partial charge >= 0.3 is 0 Å². The summed E-state index contributed by atoms with van der Waals surface area (Å²) in [6, 6.07) is 6.85. The molecule has 1 fully saturated rings. The van der Waals surface area contributed by atoms with E-state index in [9.17, 15) is 13.2 Å². The number of rotatable bonds is 4. The first-order valence-corrected chi connectivity index (χ1v) is 8.47. The molecule has 1 aliphatic rings. The number of benzene rings is 1. The highest BCUT2D eigenvalue weighted by Crippen LogP contribution is 2.25. The molecular weight excluding hydrogens is 304 g/mol. The van der Waals surface area contributed by atoms with Crippen molar-refractivity contribution < 1.29 is 13.2 Å². The van der Waals surface area contributed by atoms with Crippen LogP contribution in [0.4, 0.5) is 11.4 Å². The molecule has 2 heterocycles. The molecule has 2 N–H and O–H groups in total. The van der Waals surface area contributed by atoms with Crippen molar-refractivity contribution in [2.45, 2.75) is 24.2 Å². The summed E-state index contributed by atoms with van der Waals surface area (Å²) in [6.45, 7) is 0.663. The zero-order valence-electron chi connectivity index (χ0n) is 11.8. The Kier molecular flexibility index (Phi) is 3.84. The largest absolute Gasteiger partial charge is 0.312 e. The standard InChI is InChI=1S/C14H16N4O3S/c19-14-6-1-2-7-18(14)12-5-3-4-11(8-12)17-22(20,21)13-9-15-16-10-13/h3-5,8-10,17H,1-2,6-7H2,(H,15,16). The molecule has 0 radical (unpaired) electrons. The second-order valence-electron chi connectivity index (χ2n) is 5.09. The Morgan fingerprint density at radius 2 is 2.14 bits per heavy atom. The molecule has 1 aromatic carbocycles. The van der Waals surface area contributed by atoms with Crippen molar-refractivity contribution in [3.8, 4) is 0 Å². The Hall–Kier alpha value is -2.35. The quantitative estimate of drug-likeness (QED) is 0.897. The zero-order chi connectivity index (χ0) is 15.6. The average Bonchev–Trinajstić information content (AvgIpc) is 3.03. The number of sulfonamides is 1. The Labute approximate surface area is 128 Å². The van der Waals surface area contributed by atoms with Crippen molar-refractivity contribution in [1.29, 1.82) is 0 Å². The third-order valence-corrected chi connectivity index (χ3v) is 4.87. The van der Waals surface area contributed by atoms with Gasteiger partial charge in [0.05, 0.1) is 11.9 Å². The molecule has 3 rings (SSSR count). The summed E-state index contributed by atoms with van der Waals surface area (Å²) >= 11 is 0. The molecule has 0 unspecified atom stereocenters. The highest BCUT2D eigenvalue weighted by Gasteiger charge is 2.20. The van der Waals surface area contributed by atoms with Crippen LogP contribution in [0.15, 0.2) is 41.6 Å². The predicted molar refractivity (Wildman–Crippen MR) is 82.0 cm³/mol. The Bertz CT molecular complexity index is 771. The zero-order valence-corrected chi connectivity index (χ0v) is 12.6. The molecule has 1 aromatic heterocycles. The second-order valence-corrected chi connectivity index (χ2v) is 6.77. The highest BCUT2D eigenvalue weighted by atomic mass is 32.2. The third kappa shape index (κ3) is 2.96. The number of aromatic nitrogens is 2. The van der Waals surface area contributed by atoms with E-state index in [1.54, 1.807) is 29.2 Å². The molecule has 0 bridgehead atoms. The minimum absolute atomic E-state index is 0.0620. The summed E-state index contributed by atoms with van der Waals surface area (Å²) in [5, 5.41) is 6.10. The summed E-state index contributed by atoms with van der Waals surface area (Å²) in [4.78, 5) is 13.7. The van der Waals surface area contributed by atoms with Gasteiger partial charge in [-0.1, -0.05) is 6.07 Å². The van der Waals surface area contributed by atoms with E-state index in [0.29, 0.717) is 24.3 Å². The van der Waals surface area contributed by atoms with Crippen molar-refractivity contribution in [3.05, 3.63) is 36.7 Å². The fourth-order valence-corrected chi connectivity index (χ4v) is 3.37. The molecule has 0 atom stereocenters. The minimum atomic E-state index is -3.68. The van der Waals surface area contributed by atoms with Gasteiger partial charge in [-0.25, -0.2) is 8.42 Å². The molecule has 2 aromatic rings. The molecule has 22 heavy (non-hydrogen) atoms. The molecular formula is C14H16N4O3S. The Morgan fingerprint density at radius 3 is 2.86 bits per heavy atom. The van der Waals surface area contributed by atoms with Crippen LogP contribution in [0.3, 0.4) is 0 Å². The number of aromatic amines is 1. The lowest BCUT2D eigenvalue weighted by molar-refractivity contribution is -0.119. The lowest BCUT2D eigenvalue weighted by atomic mass is 10.1. The minimum Gasteiger partial charge on any atom is -0.312 e. The number of H-pyrrole nitrogens is 1. The van der Waals surface area contributed by atoms with Crippen LogP contribution in [0.2, 0.25) is 0 Å². The first-order chi connectivity index (χ1) is 10.6. The van der Waals surface area contributed by atoms with E-state index in [0.717, 1.165) is 12.8 Å². The van der Waals surface area contributed by atoms with Crippen LogP contribution in [0.1, 0.15) is 19.3 Å².